The third kappa shape index (κ3) is 3.81. The summed E-state index contributed by atoms with van der Waals surface area (Å²) in [4.78, 5) is 13.8. The number of hydrogen-bond acceptors (Lipinski definition) is 7. The van der Waals surface area contributed by atoms with Gasteiger partial charge in [-0.15, -0.1) is 0 Å². The number of aliphatic hydroxyl groups is 2. The van der Waals surface area contributed by atoms with Crippen molar-refractivity contribution in [2.75, 3.05) is 13.1 Å². The fourth-order valence-corrected chi connectivity index (χ4v) is 4.27. The van der Waals surface area contributed by atoms with Crippen LogP contribution in [0, 0.1) is 5.92 Å². The predicted molar refractivity (Wildman–Crippen MR) is 103 cm³/mol. The molecular formula is C18H21BrN2O4S. The quantitative estimate of drug-likeness (QED) is 0.684. The Labute approximate surface area is 165 Å². The first-order valence-corrected chi connectivity index (χ1v) is 9.81. The monoisotopic (exact) mass is 440 g/mol. The second kappa shape index (κ2) is 7.08. The molecule has 0 aromatic heterocycles. The van der Waals surface area contributed by atoms with Crippen LogP contribution in [0.1, 0.15) is 20.8 Å². The lowest BCUT2D eigenvalue weighted by Gasteiger charge is -2.34. The number of ether oxygens (including phenoxy) is 1. The third-order valence-corrected chi connectivity index (χ3v) is 5.98. The lowest BCUT2D eigenvalue weighted by molar-refractivity contribution is -0.159. The van der Waals surface area contributed by atoms with Crippen LogP contribution in [0.5, 0.6) is 0 Å². The molecule has 2 aliphatic heterocycles. The van der Waals surface area contributed by atoms with E-state index < -0.39 is 11.5 Å². The number of carbonyl (C=O) groups excluding carboxylic acids is 1. The molecule has 8 heteroatoms. The fourth-order valence-electron chi connectivity index (χ4n) is 2.74. The number of esters is 1. The Kier molecular flexibility index (Phi) is 5.16. The van der Waals surface area contributed by atoms with E-state index in [9.17, 15) is 15.0 Å². The zero-order valence-electron chi connectivity index (χ0n) is 14.8. The van der Waals surface area contributed by atoms with Gasteiger partial charge in [-0.3, -0.25) is 4.79 Å². The van der Waals surface area contributed by atoms with E-state index in [2.05, 4.69) is 15.9 Å². The van der Waals surface area contributed by atoms with E-state index in [4.69, 9.17) is 4.74 Å². The molecule has 0 aliphatic carbocycles. The number of allylic oxidation sites excluding steroid dienone is 1. The SMILES string of the molecule is CC(C)(C)OC(=O)C1CN2C(O)=C(Br)C(Sc3ccccc3)=C(O)N2C1. The Morgan fingerprint density at radius 1 is 1.15 bits per heavy atom. The summed E-state index contributed by atoms with van der Waals surface area (Å²) < 4.78 is 5.84. The number of halogens is 1. The molecule has 1 aromatic rings. The van der Waals surface area contributed by atoms with Crippen molar-refractivity contribution in [1.82, 2.24) is 10.0 Å². The number of carbonyl (C=O) groups is 1. The Hall–Kier alpha value is -1.80. The molecule has 2 heterocycles. The number of thioether (sulfide) groups is 1. The lowest BCUT2D eigenvalue weighted by atomic mass is 10.1. The Morgan fingerprint density at radius 2 is 1.73 bits per heavy atom. The van der Waals surface area contributed by atoms with E-state index in [0.29, 0.717) is 9.39 Å². The molecule has 140 valence electrons. The van der Waals surface area contributed by atoms with Gasteiger partial charge in [0.15, 0.2) is 0 Å². The summed E-state index contributed by atoms with van der Waals surface area (Å²) in [6.07, 6.45) is 0. The number of rotatable bonds is 3. The van der Waals surface area contributed by atoms with Crippen LogP contribution in [0.15, 0.2) is 56.4 Å². The zero-order chi connectivity index (χ0) is 19.1. The minimum Gasteiger partial charge on any atom is -0.493 e. The summed E-state index contributed by atoms with van der Waals surface area (Å²) in [6, 6.07) is 9.56. The number of nitrogens with zero attached hydrogens (tertiary/aromatic N) is 2. The van der Waals surface area contributed by atoms with Crippen molar-refractivity contribution in [3.63, 3.8) is 0 Å². The van der Waals surface area contributed by atoms with Crippen molar-refractivity contribution >= 4 is 33.7 Å². The van der Waals surface area contributed by atoms with Crippen molar-refractivity contribution in [2.24, 2.45) is 5.92 Å². The highest BCUT2D eigenvalue weighted by molar-refractivity contribution is 9.12. The van der Waals surface area contributed by atoms with E-state index in [0.717, 1.165) is 4.90 Å². The molecule has 26 heavy (non-hydrogen) atoms. The molecule has 1 saturated heterocycles. The summed E-state index contributed by atoms with van der Waals surface area (Å²) in [5.41, 5.74) is -0.583. The van der Waals surface area contributed by atoms with Crippen LogP contribution < -0.4 is 0 Å². The van der Waals surface area contributed by atoms with E-state index in [1.807, 2.05) is 51.1 Å². The van der Waals surface area contributed by atoms with Gasteiger partial charge >= 0.3 is 5.97 Å². The molecule has 0 spiro atoms. The van der Waals surface area contributed by atoms with Crippen LogP contribution in [-0.4, -0.2) is 44.9 Å². The second-order valence-electron chi connectivity index (χ2n) is 7.10. The van der Waals surface area contributed by atoms with Crippen LogP contribution >= 0.6 is 27.7 Å². The van der Waals surface area contributed by atoms with Crippen LogP contribution in [0.2, 0.25) is 0 Å². The average Bonchev–Trinajstić information content (AvgIpc) is 3.02. The Balaban J connectivity index is 1.84. The number of hydrazine groups is 1. The second-order valence-corrected chi connectivity index (χ2v) is 8.98. The van der Waals surface area contributed by atoms with Gasteiger partial charge in [0.25, 0.3) is 0 Å². The number of hydrogen-bond donors (Lipinski definition) is 2. The van der Waals surface area contributed by atoms with Gasteiger partial charge in [0.2, 0.25) is 11.8 Å². The molecule has 0 saturated carbocycles. The van der Waals surface area contributed by atoms with E-state index >= 15 is 0 Å². The summed E-state index contributed by atoms with van der Waals surface area (Å²) in [5, 5.41) is 24.3. The maximum atomic E-state index is 12.4. The predicted octanol–water partition coefficient (Wildman–Crippen LogP) is 4.13. The van der Waals surface area contributed by atoms with Crippen LogP contribution in [0.4, 0.5) is 0 Å². The van der Waals surface area contributed by atoms with Gasteiger partial charge in [-0.25, -0.2) is 10.0 Å². The van der Waals surface area contributed by atoms with Crippen molar-refractivity contribution in [2.45, 2.75) is 31.3 Å². The molecule has 2 N–H and O–H groups in total. The van der Waals surface area contributed by atoms with Crippen molar-refractivity contribution in [3.8, 4) is 0 Å². The van der Waals surface area contributed by atoms with Gasteiger partial charge < -0.3 is 14.9 Å². The highest BCUT2D eigenvalue weighted by Crippen LogP contribution is 2.44. The standard InChI is InChI=1S/C18H21BrN2O4S/c1-18(2,3)25-17(24)11-9-20-15(22)13(19)14(16(23)21(20)10-11)26-12-7-5-4-6-8-12/h4-8,11,22-23H,9-10H2,1-3H3. The summed E-state index contributed by atoms with van der Waals surface area (Å²) in [5.74, 6) is -0.859. The topological polar surface area (TPSA) is 73.2 Å². The molecule has 1 fully saturated rings. The number of aliphatic hydroxyl groups excluding tert-OH is 2. The fraction of sp³-hybridized carbons (Fsp3) is 0.389. The molecule has 1 aromatic carbocycles. The normalized spacial score (nSPS) is 20.5. The maximum absolute atomic E-state index is 12.4. The molecule has 1 atom stereocenters. The first-order valence-electron chi connectivity index (χ1n) is 8.20. The van der Waals surface area contributed by atoms with Crippen molar-refractivity contribution in [3.05, 3.63) is 51.5 Å². The first kappa shape index (κ1) is 19.0. The average molecular weight is 441 g/mol. The highest BCUT2D eigenvalue weighted by Gasteiger charge is 2.43. The van der Waals surface area contributed by atoms with Crippen LogP contribution in [0.3, 0.4) is 0 Å². The van der Waals surface area contributed by atoms with E-state index in [-0.39, 0.29) is 30.8 Å². The largest absolute Gasteiger partial charge is 0.493 e. The summed E-state index contributed by atoms with van der Waals surface area (Å²) in [7, 11) is 0. The third-order valence-electron chi connectivity index (χ3n) is 3.87. The summed E-state index contributed by atoms with van der Waals surface area (Å²) in [6.45, 7) is 5.92. The zero-order valence-corrected chi connectivity index (χ0v) is 17.2. The lowest BCUT2D eigenvalue weighted by Crippen LogP contribution is -2.38. The van der Waals surface area contributed by atoms with Gasteiger partial charge in [-0.1, -0.05) is 30.0 Å². The molecule has 3 rings (SSSR count). The minimum atomic E-state index is -0.583. The van der Waals surface area contributed by atoms with Gasteiger partial charge in [-0.2, -0.15) is 0 Å². The first-order chi connectivity index (χ1) is 12.2. The maximum Gasteiger partial charge on any atom is 0.313 e. The Morgan fingerprint density at radius 3 is 2.31 bits per heavy atom. The van der Waals surface area contributed by atoms with Gasteiger partial charge in [-0.05, 0) is 48.8 Å². The molecule has 2 aliphatic rings. The molecule has 0 radical (unpaired) electrons. The Bertz CT molecular complexity index is 773. The van der Waals surface area contributed by atoms with E-state index in [1.165, 1.54) is 21.8 Å². The molecule has 1 unspecified atom stereocenters. The smallest absolute Gasteiger partial charge is 0.313 e. The highest BCUT2D eigenvalue weighted by atomic mass is 79.9. The van der Waals surface area contributed by atoms with E-state index in [1.54, 1.807) is 0 Å². The van der Waals surface area contributed by atoms with Gasteiger partial charge in [0.05, 0.1) is 28.4 Å². The van der Waals surface area contributed by atoms with Crippen LogP contribution in [-0.2, 0) is 9.53 Å². The molecular weight excluding hydrogens is 420 g/mol. The number of fused-ring (bicyclic) bond motifs is 1. The van der Waals surface area contributed by atoms with Gasteiger partial charge in [0, 0.05) is 4.90 Å². The van der Waals surface area contributed by atoms with Gasteiger partial charge in [0.1, 0.15) is 5.60 Å². The van der Waals surface area contributed by atoms with Crippen LogP contribution in [0.25, 0.3) is 0 Å². The minimum absolute atomic E-state index is 0.00501. The number of benzene rings is 1. The molecule has 0 bridgehead atoms. The van der Waals surface area contributed by atoms with Crippen molar-refractivity contribution in [1.29, 1.82) is 0 Å². The molecule has 0 amide bonds. The van der Waals surface area contributed by atoms with Crippen molar-refractivity contribution < 1.29 is 19.7 Å². The summed E-state index contributed by atoms with van der Waals surface area (Å²) >= 11 is 4.70. The molecule has 6 nitrogen and oxygen atoms in total.